The molecule has 0 radical (unpaired) electrons. The molecule has 1 heterocycles. The molecule has 0 aromatic rings. The van der Waals surface area contributed by atoms with Crippen LogP contribution in [0.2, 0.25) is 0 Å². The van der Waals surface area contributed by atoms with Crippen LogP contribution in [0.15, 0.2) is 0 Å². The summed E-state index contributed by atoms with van der Waals surface area (Å²) in [7, 11) is 0. The minimum Gasteiger partial charge on any atom is -0.381 e. The van der Waals surface area contributed by atoms with E-state index < -0.39 is 0 Å². The monoisotopic (exact) mass is 242 g/mol. The predicted octanol–water partition coefficient (Wildman–Crippen LogP) is 1.31. The van der Waals surface area contributed by atoms with E-state index in [0.717, 1.165) is 39.0 Å². The van der Waals surface area contributed by atoms with E-state index in [1.807, 2.05) is 0 Å². The summed E-state index contributed by atoms with van der Waals surface area (Å²) in [5.74, 6) is 0.103. The molecule has 2 N–H and O–H groups in total. The topological polar surface area (TPSA) is 50.4 Å². The van der Waals surface area contributed by atoms with Gasteiger partial charge in [0.15, 0.2) is 0 Å². The van der Waals surface area contributed by atoms with Gasteiger partial charge in [0.1, 0.15) is 0 Å². The fourth-order valence-electron chi connectivity index (χ4n) is 1.79. The van der Waals surface area contributed by atoms with Crippen molar-refractivity contribution in [3.63, 3.8) is 0 Å². The number of hydrogen-bond donors (Lipinski definition) is 2. The molecule has 0 bridgehead atoms. The molecule has 1 fully saturated rings. The van der Waals surface area contributed by atoms with E-state index in [2.05, 4.69) is 31.4 Å². The Morgan fingerprint density at radius 3 is 2.53 bits per heavy atom. The molecule has 1 amide bonds. The van der Waals surface area contributed by atoms with E-state index in [1.54, 1.807) is 0 Å². The van der Waals surface area contributed by atoms with E-state index >= 15 is 0 Å². The standard InChI is InChI=1S/C13H26N2O2/c1-13(2,3)6-7-14-10-12(16)15-11-4-8-17-9-5-11/h11,14H,4-10H2,1-3H3,(H,15,16). The van der Waals surface area contributed by atoms with Crippen LogP contribution in [-0.4, -0.2) is 38.3 Å². The van der Waals surface area contributed by atoms with Gasteiger partial charge in [0.25, 0.3) is 0 Å². The van der Waals surface area contributed by atoms with Crippen molar-refractivity contribution in [2.75, 3.05) is 26.3 Å². The molecule has 4 nitrogen and oxygen atoms in total. The van der Waals surface area contributed by atoms with E-state index in [1.165, 1.54) is 0 Å². The second-order valence-electron chi connectivity index (χ2n) is 5.94. The maximum Gasteiger partial charge on any atom is 0.234 e. The van der Waals surface area contributed by atoms with Crippen molar-refractivity contribution in [3.05, 3.63) is 0 Å². The Kier molecular flexibility index (Phi) is 5.92. The Morgan fingerprint density at radius 1 is 1.29 bits per heavy atom. The van der Waals surface area contributed by atoms with Gasteiger partial charge in [0, 0.05) is 19.3 Å². The molecule has 1 aliphatic heterocycles. The molecule has 0 unspecified atom stereocenters. The lowest BCUT2D eigenvalue weighted by Gasteiger charge is -2.23. The van der Waals surface area contributed by atoms with Crippen LogP contribution in [0.3, 0.4) is 0 Å². The molecule has 100 valence electrons. The average molecular weight is 242 g/mol. The Balaban J connectivity index is 2.04. The maximum absolute atomic E-state index is 11.6. The van der Waals surface area contributed by atoms with Crippen LogP contribution in [0, 0.1) is 5.41 Å². The van der Waals surface area contributed by atoms with Gasteiger partial charge in [-0.1, -0.05) is 20.8 Å². The number of hydrogen-bond acceptors (Lipinski definition) is 3. The highest BCUT2D eigenvalue weighted by Gasteiger charge is 2.15. The molecule has 1 rings (SSSR count). The second kappa shape index (κ2) is 6.97. The molecule has 0 aliphatic carbocycles. The summed E-state index contributed by atoms with van der Waals surface area (Å²) in [6.45, 7) is 9.47. The summed E-state index contributed by atoms with van der Waals surface area (Å²) in [6, 6.07) is 0.306. The molecule has 0 spiro atoms. The minimum atomic E-state index is 0.103. The Hall–Kier alpha value is -0.610. The van der Waals surface area contributed by atoms with Crippen LogP contribution < -0.4 is 10.6 Å². The van der Waals surface area contributed by atoms with Crippen molar-refractivity contribution in [2.45, 2.75) is 46.1 Å². The van der Waals surface area contributed by atoms with E-state index in [4.69, 9.17) is 4.74 Å². The third-order valence-electron chi connectivity index (χ3n) is 2.92. The number of ether oxygens (including phenoxy) is 1. The van der Waals surface area contributed by atoms with Crippen LogP contribution in [0.25, 0.3) is 0 Å². The quantitative estimate of drug-likeness (QED) is 0.715. The van der Waals surface area contributed by atoms with Gasteiger partial charge in [-0.25, -0.2) is 0 Å². The van der Waals surface area contributed by atoms with Crippen molar-refractivity contribution < 1.29 is 9.53 Å². The maximum atomic E-state index is 11.6. The van der Waals surface area contributed by atoms with Crippen molar-refractivity contribution in [3.8, 4) is 0 Å². The van der Waals surface area contributed by atoms with Gasteiger partial charge < -0.3 is 15.4 Å². The number of carbonyl (C=O) groups excluding carboxylic acids is 1. The molecule has 1 aliphatic rings. The normalized spacial score (nSPS) is 18.1. The van der Waals surface area contributed by atoms with Crippen LogP contribution in [0.1, 0.15) is 40.0 Å². The number of rotatable bonds is 5. The zero-order valence-corrected chi connectivity index (χ0v) is 11.3. The first-order valence-electron chi connectivity index (χ1n) is 6.55. The fraction of sp³-hybridized carbons (Fsp3) is 0.923. The van der Waals surface area contributed by atoms with Gasteiger partial charge in [-0.05, 0) is 31.2 Å². The lowest BCUT2D eigenvalue weighted by atomic mass is 9.92. The molecule has 4 heteroatoms. The summed E-state index contributed by atoms with van der Waals surface area (Å²) in [5.41, 5.74) is 0.324. The van der Waals surface area contributed by atoms with Crippen LogP contribution in [0.5, 0.6) is 0 Å². The van der Waals surface area contributed by atoms with Gasteiger partial charge in [0.2, 0.25) is 5.91 Å². The first-order chi connectivity index (χ1) is 7.97. The molecule has 0 aromatic heterocycles. The Bertz CT molecular complexity index is 230. The summed E-state index contributed by atoms with van der Waals surface area (Å²) in [4.78, 5) is 11.6. The molecule has 0 atom stereocenters. The number of amides is 1. The molecule has 0 aromatic carbocycles. The van der Waals surface area contributed by atoms with E-state index in [-0.39, 0.29) is 5.91 Å². The van der Waals surface area contributed by atoms with Crippen molar-refractivity contribution >= 4 is 5.91 Å². The summed E-state index contributed by atoms with van der Waals surface area (Å²) < 4.78 is 5.25. The van der Waals surface area contributed by atoms with Gasteiger partial charge in [-0.3, -0.25) is 4.79 Å². The van der Waals surface area contributed by atoms with Crippen LogP contribution in [-0.2, 0) is 9.53 Å². The lowest BCUT2D eigenvalue weighted by molar-refractivity contribution is -0.121. The molecule has 17 heavy (non-hydrogen) atoms. The van der Waals surface area contributed by atoms with Gasteiger partial charge in [0.05, 0.1) is 6.54 Å². The fourth-order valence-corrected chi connectivity index (χ4v) is 1.79. The lowest BCUT2D eigenvalue weighted by Crippen LogP contribution is -2.43. The predicted molar refractivity (Wildman–Crippen MR) is 68.9 cm³/mol. The zero-order chi connectivity index (χ0) is 12.7. The summed E-state index contributed by atoms with van der Waals surface area (Å²) in [5, 5.41) is 6.22. The molecular weight excluding hydrogens is 216 g/mol. The largest absolute Gasteiger partial charge is 0.381 e. The van der Waals surface area contributed by atoms with E-state index in [9.17, 15) is 4.79 Å². The van der Waals surface area contributed by atoms with Crippen LogP contribution in [0.4, 0.5) is 0 Å². The molecule has 0 saturated carbocycles. The number of nitrogens with one attached hydrogen (secondary N) is 2. The van der Waals surface area contributed by atoms with Crippen molar-refractivity contribution in [1.29, 1.82) is 0 Å². The van der Waals surface area contributed by atoms with E-state index in [0.29, 0.717) is 18.0 Å². The van der Waals surface area contributed by atoms with Crippen molar-refractivity contribution in [2.24, 2.45) is 5.41 Å². The van der Waals surface area contributed by atoms with Crippen LogP contribution >= 0.6 is 0 Å². The highest BCUT2D eigenvalue weighted by molar-refractivity contribution is 5.78. The van der Waals surface area contributed by atoms with Crippen molar-refractivity contribution in [1.82, 2.24) is 10.6 Å². The second-order valence-corrected chi connectivity index (χ2v) is 5.94. The SMILES string of the molecule is CC(C)(C)CCNCC(=O)NC1CCOCC1. The first-order valence-corrected chi connectivity index (χ1v) is 6.55. The van der Waals surface area contributed by atoms with Gasteiger partial charge in [-0.2, -0.15) is 0 Å². The summed E-state index contributed by atoms with van der Waals surface area (Å²) >= 11 is 0. The first kappa shape index (κ1) is 14.5. The average Bonchev–Trinajstić information content (AvgIpc) is 2.25. The highest BCUT2D eigenvalue weighted by Crippen LogP contribution is 2.16. The van der Waals surface area contributed by atoms with Gasteiger partial charge >= 0.3 is 0 Å². The number of carbonyl (C=O) groups is 1. The molecule has 1 saturated heterocycles. The smallest absolute Gasteiger partial charge is 0.234 e. The molecular formula is C13H26N2O2. The zero-order valence-electron chi connectivity index (χ0n) is 11.3. The summed E-state index contributed by atoms with van der Waals surface area (Å²) in [6.07, 6.45) is 2.96. The highest BCUT2D eigenvalue weighted by atomic mass is 16.5. The van der Waals surface area contributed by atoms with Gasteiger partial charge in [-0.15, -0.1) is 0 Å². The third kappa shape index (κ3) is 7.34. The third-order valence-corrected chi connectivity index (χ3v) is 2.92. The Morgan fingerprint density at radius 2 is 1.94 bits per heavy atom. The Labute approximate surface area is 104 Å². The minimum absolute atomic E-state index is 0.103.